The zero-order valence-corrected chi connectivity index (χ0v) is 24.8. The summed E-state index contributed by atoms with van der Waals surface area (Å²) in [4.78, 5) is 41.7. The number of aromatic nitrogens is 3. The predicted octanol–water partition coefficient (Wildman–Crippen LogP) is 7.18. The molecule has 2 aromatic carbocycles. The van der Waals surface area contributed by atoms with Crippen molar-refractivity contribution in [1.82, 2.24) is 19.9 Å². The van der Waals surface area contributed by atoms with Crippen LogP contribution in [0, 0.1) is 17.6 Å². The Morgan fingerprint density at radius 3 is 2.68 bits per heavy atom. The molecule has 44 heavy (non-hydrogen) atoms. The fourth-order valence-electron chi connectivity index (χ4n) is 5.94. The summed E-state index contributed by atoms with van der Waals surface area (Å²) in [5.41, 5.74) is 4.87. The van der Waals surface area contributed by atoms with Gasteiger partial charge in [-0.15, -0.1) is 0 Å². The van der Waals surface area contributed by atoms with Gasteiger partial charge in [0, 0.05) is 61.0 Å². The number of nitrogens with zero attached hydrogens (tertiary/aromatic N) is 4. The molecule has 0 spiro atoms. The van der Waals surface area contributed by atoms with Gasteiger partial charge in [0.25, 0.3) is 0 Å². The molecule has 7 nitrogen and oxygen atoms in total. The standard InChI is InChI=1S/C34H30ClF2N5O2/c1-20-3-2-4-30(42-14-10-23(18-31(42)43)32-27(36)8-7-26(35)33(32)37)29-17-22(9-11-40-29)25-6-5-21(16-28(25)41-34(20)44)15-24-19-38-12-13-39-24/h5-9,11-13,16-20,30H,2-4,10,14-15H2,1H3,(H,41,44)/t20-,30+/m1/s1. The first-order chi connectivity index (χ1) is 21.3. The molecule has 224 valence electrons. The summed E-state index contributed by atoms with van der Waals surface area (Å²) in [5, 5.41) is 2.94. The average Bonchev–Trinajstić information content (AvgIpc) is 3.02. The Balaban J connectivity index is 1.36. The van der Waals surface area contributed by atoms with Gasteiger partial charge in [-0.1, -0.05) is 37.1 Å². The van der Waals surface area contributed by atoms with Crippen molar-refractivity contribution in [3.05, 3.63) is 112 Å². The van der Waals surface area contributed by atoms with Crippen LogP contribution in [0.4, 0.5) is 14.5 Å². The molecule has 2 aliphatic rings. The van der Waals surface area contributed by atoms with E-state index in [-0.39, 0.29) is 52.9 Å². The Bertz CT molecular complexity index is 1760. The minimum absolute atomic E-state index is 0.0819. The van der Waals surface area contributed by atoms with E-state index in [1.165, 1.54) is 6.08 Å². The number of halogens is 3. The van der Waals surface area contributed by atoms with Crippen molar-refractivity contribution in [2.24, 2.45) is 5.92 Å². The van der Waals surface area contributed by atoms with Crippen LogP contribution in [0.15, 0.2) is 73.3 Å². The average molecular weight is 614 g/mol. The van der Waals surface area contributed by atoms with Gasteiger partial charge in [-0.3, -0.25) is 24.5 Å². The normalized spacial score (nSPS) is 18.9. The van der Waals surface area contributed by atoms with E-state index in [2.05, 4.69) is 20.3 Å². The Hall–Kier alpha value is -4.50. The van der Waals surface area contributed by atoms with Crippen molar-refractivity contribution >= 4 is 34.7 Å². The zero-order valence-electron chi connectivity index (χ0n) is 24.1. The quantitative estimate of drug-likeness (QED) is 0.246. The van der Waals surface area contributed by atoms with E-state index in [1.54, 1.807) is 29.7 Å². The summed E-state index contributed by atoms with van der Waals surface area (Å²) in [5.74, 6) is -2.33. The number of hydrogen-bond acceptors (Lipinski definition) is 5. The third-order valence-corrected chi connectivity index (χ3v) is 8.58. The fraction of sp³-hybridized carbons (Fsp3) is 0.265. The van der Waals surface area contributed by atoms with Crippen LogP contribution >= 0.6 is 11.6 Å². The number of pyridine rings is 1. The lowest BCUT2D eigenvalue weighted by atomic mass is 9.92. The van der Waals surface area contributed by atoms with Crippen LogP contribution in [-0.2, 0) is 16.0 Å². The van der Waals surface area contributed by atoms with Crippen LogP contribution in [0.1, 0.15) is 61.2 Å². The second-order valence-electron chi connectivity index (χ2n) is 11.2. The maximum Gasteiger partial charge on any atom is 0.247 e. The molecule has 0 radical (unpaired) electrons. The van der Waals surface area contributed by atoms with Gasteiger partial charge in [-0.05, 0) is 66.3 Å². The summed E-state index contributed by atoms with van der Waals surface area (Å²) in [7, 11) is 0. The van der Waals surface area contributed by atoms with Crippen LogP contribution in [0.5, 0.6) is 0 Å². The molecule has 2 aromatic heterocycles. The van der Waals surface area contributed by atoms with E-state index < -0.39 is 11.6 Å². The molecule has 6 rings (SSSR count). The number of anilines is 1. The number of rotatable bonds is 4. The van der Waals surface area contributed by atoms with Gasteiger partial charge < -0.3 is 10.2 Å². The number of carbonyl (C=O) groups excluding carboxylic acids is 2. The summed E-state index contributed by atoms with van der Waals surface area (Å²) in [6.45, 7) is 2.15. The largest absolute Gasteiger partial charge is 0.330 e. The van der Waals surface area contributed by atoms with E-state index in [4.69, 9.17) is 11.6 Å². The minimum Gasteiger partial charge on any atom is -0.330 e. The minimum atomic E-state index is -0.870. The SMILES string of the molecule is C[C@@H]1CCC[C@H](N2CCC(c3c(F)ccc(Cl)c3F)=CC2=O)c2cc(ccn2)-c2ccc(Cc3cnccn3)cc2NC1=O. The number of fused-ring (bicyclic) bond motifs is 4. The van der Waals surface area contributed by atoms with Crippen molar-refractivity contribution in [3.8, 4) is 11.1 Å². The summed E-state index contributed by atoms with van der Waals surface area (Å²) in [6, 6.07) is 11.6. The van der Waals surface area contributed by atoms with E-state index in [9.17, 15) is 18.4 Å². The van der Waals surface area contributed by atoms with Crippen molar-refractivity contribution in [1.29, 1.82) is 0 Å². The van der Waals surface area contributed by atoms with E-state index in [1.807, 2.05) is 37.3 Å². The number of benzene rings is 2. The molecular weight excluding hydrogens is 584 g/mol. The molecule has 2 amide bonds. The maximum absolute atomic E-state index is 14.8. The fourth-order valence-corrected chi connectivity index (χ4v) is 6.09. The molecule has 2 bridgehead atoms. The number of hydrogen-bond donors (Lipinski definition) is 1. The van der Waals surface area contributed by atoms with Crippen molar-refractivity contribution in [2.45, 2.75) is 45.1 Å². The van der Waals surface area contributed by atoms with Crippen LogP contribution in [0.2, 0.25) is 5.02 Å². The van der Waals surface area contributed by atoms with Crippen LogP contribution < -0.4 is 5.32 Å². The topological polar surface area (TPSA) is 88.1 Å². The molecule has 10 heteroatoms. The number of nitrogens with one attached hydrogen (secondary N) is 1. The van der Waals surface area contributed by atoms with Gasteiger partial charge in [0.1, 0.15) is 5.82 Å². The predicted molar refractivity (Wildman–Crippen MR) is 165 cm³/mol. The molecule has 0 saturated heterocycles. The lowest BCUT2D eigenvalue weighted by Crippen LogP contribution is -2.38. The van der Waals surface area contributed by atoms with Crippen LogP contribution in [0.3, 0.4) is 0 Å². The third kappa shape index (κ3) is 6.10. The van der Waals surface area contributed by atoms with Crippen molar-refractivity contribution in [3.63, 3.8) is 0 Å². The van der Waals surface area contributed by atoms with Gasteiger partial charge in [-0.2, -0.15) is 0 Å². The molecule has 0 aliphatic carbocycles. The second-order valence-corrected chi connectivity index (χ2v) is 11.6. The van der Waals surface area contributed by atoms with Crippen LogP contribution in [0.25, 0.3) is 16.7 Å². The Morgan fingerprint density at radius 2 is 1.89 bits per heavy atom. The monoisotopic (exact) mass is 613 g/mol. The second kappa shape index (κ2) is 12.6. The molecule has 1 N–H and O–H groups in total. The lowest BCUT2D eigenvalue weighted by molar-refractivity contribution is -0.129. The molecule has 4 aromatic rings. The lowest BCUT2D eigenvalue weighted by Gasteiger charge is -2.34. The maximum atomic E-state index is 14.8. The number of carbonyl (C=O) groups is 2. The summed E-state index contributed by atoms with van der Waals surface area (Å²) in [6.07, 6.45) is 10.7. The first kappa shape index (κ1) is 29.6. The Labute approximate surface area is 259 Å². The highest BCUT2D eigenvalue weighted by molar-refractivity contribution is 6.31. The molecule has 4 heterocycles. The van der Waals surface area contributed by atoms with E-state index in [0.29, 0.717) is 37.1 Å². The van der Waals surface area contributed by atoms with Crippen LogP contribution in [-0.4, -0.2) is 38.2 Å². The van der Waals surface area contributed by atoms with E-state index >= 15 is 0 Å². The number of amides is 2. The first-order valence-corrected chi connectivity index (χ1v) is 15.0. The highest BCUT2D eigenvalue weighted by Gasteiger charge is 2.31. The molecule has 2 aliphatic heterocycles. The molecule has 0 saturated carbocycles. The molecular formula is C34H30ClF2N5O2. The third-order valence-electron chi connectivity index (χ3n) is 8.28. The summed E-state index contributed by atoms with van der Waals surface area (Å²) < 4.78 is 29.4. The molecule has 0 fully saturated rings. The Morgan fingerprint density at radius 1 is 1.02 bits per heavy atom. The van der Waals surface area contributed by atoms with Crippen molar-refractivity contribution < 1.29 is 18.4 Å². The van der Waals surface area contributed by atoms with Gasteiger partial charge in [0.2, 0.25) is 11.8 Å². The summed E-state index contributed by atoms with van der Waals surface area (Å²) >= 11 is 5.91. The highest BCUT2D eigenvalue weighted by atomic mass is 35.5. The highest BCUT2D eigenvalue weighted by Crippen LogP contribution is 2.37. The molecule has 2 atom stereocenters. The van der Waals surface area contributed by atoms with Gasteiger partial charge >= 0.3 is 0 Å². The van der Waals surface area contributed by atoms with Gasteiger partial charge in [0.05, 0.1) is 28.0 Å². The Kier molecular flexibility index (Phi) is 8.48. The van der Waals surface area contributed by atoms with Crippen molar-refractivity contribution in [2.75, 3.05) is 11.9 Å². The molecule has 0 unspecified atom stereocenters. The first-order valence-electron chi connectivity index (χ1n) is 14.6. The smallest absolute Gasteiger partial charge is 0.247 e. The van der Waals surface area contributed by atoms with E-state index in [0.717, 1.165) is 34.5 Å². The van der Waals surface area contributed by atoms with Gasteiger partial charge in [-0.25, -0.2) is 8.78 Å². The zero-order chi connectivity index (χ0) is 30.8. The van der Waals surface area contributed by atoms with Gasteiger partial charge in [0.15, 0.2) is 5.82 Å².